The number of likely N-dealkylation sites (N-methyl/N-ethyl adjacent to an activating group) is 1. The molecule has 0 saturated carbocycles. The average molecular weight is 238 g/mol. The lowest BCUT2D eigenvalue weighted by Crippen LogP contribution is -2.47. The smallest absolute Gasteiger partial charge is 0.222 e. The molecule has 1 aromatic rings. The number of amides is 1. The maximum atomic E-state index is 11.3. The van der Waals surface area contributed by atoms with Crippen LogP contribution in [0.25, 0.3) is 0 Å². The number of nitrogens with zero attached hydrogens (tertiary/aromatic N) is 1. The van der Waals surface area contributed by atoms with E-state index in [-0.39, 0.29) is 5.91 Å². The molecule has 1 amide bonds. The summed E-state index contributed by atoms with van der Waals surface area (Å²) >= 11 is 1.75. The molecule has 2 heterocycles. The summed E-state index contributed by atoms with van der Waals surface area (Å²) in [5, 5.41) is 7.83. The number of carbonyl (C=O) groups is 1. The fourth-order valence-corrected chi connectivity index (χ4v) is 2.74. The minimum Gasteiger partial charge on any atom is -0.344 e. The predicted octanol–water partition coefficient (Wildman–Crippen LogP) is 1.50. The second-order valence-electron chi connectivity index (χ2n) is 4.35. The van der Waals surface area contributed by atoms with Crippen LogP contribution in [-0.2, 0) is 11.2 Å². The topological polar surface area (TPSA) is 32.3 Å². The summed E-state index contributed by atoms with van der Waals surface area (Å²) in [6, 6.07) is 2.64. The average Bonchev–Trinajstić information content (AvgIpc) is 2.76. The Morgan fingerprint density at radius 1 is 1.62 bits per heavy atom. The van der Waals surface area contributed by atoms with Gasteiger partial charge in [0.2, 0.25) is 5.91 Å². The van der Waals surface area contributed by atoms with Crippen LogP contribution in [0.4, 0.5) is 0 Å². The molecule has 1 fully saturated rings. The minimum absolute atomic E-state index is 0.274. The van der Waals surface area contributed by atoms with E-state index >= 15 is 0 Å². The number of carbonyl (C=O) groups excluding carboxylic acids is 1. The molecule has 1 aromatic heterocycles. The Kier molecular flexibility index (Phi) is 3.96. The van der Waals surface area contributed by atoms with Crippen LogP contribution in [0, 0.1) is 0 Å². The molecule has 1 N–H and O–H groups in total. The second kappa shape index (κ2) is 5.46. The molecule has 0 spiro atoms. The lowest BCUT2D eigenvalue weighted by molar-refractivity contribution is -0.132. The van der Waals surface area contributed by atoms with Gasteiger partial charge in [0.05, 0.1) is 0 Å². The van der Waals surface area contributed by atoms with E-state index in [1.54, 1.807) is 11.3 Å². The molecule has 1 saturated heterocycles. The summed E-state index contributed by atoms with van der Waals surface area (Å²) in [4.78, 5) is 13.1. The van der Waals surface area contributed by atoms with Crippen LogP contribution in [0.2, 0.25) is 0 Å². The van der Waals surface area contributed by atoms with Crippen molar-refractivity contribution in [2.24, 2.45) is 0 Å². The van der Waals surface area contributed by atoms with Gasteiger partial charge in [-0.3, -0.25) is 4.79 Å². The Balaban J connectivity index is 1.69. The van der Waals surface area contributed by atoms with Crippen molar-refractivity contribution in [2.45, 2.75) is 25.3 Å². The molecule has 1 atom stereocenters. The van der Waals surface area contributed by atoms with Gasteiger partial charge in [-0.05, 0) is 41.8 Å². The molecule has 3 nitrogen and oxygen atoms in total. The lowest BCUT2D eigenvalue weighted by atomic mass is 10.1. The van der Waals surface area contributed by atoms with Crippen molar-refractivity contribution in [2.75, 3.05) is 20.1 Å². The molecule has 4 heteroatoms. The predicted molar refractivity (Wildman–Crippen MR) is 66.7 cm³/mol. The van der Waals surface area contributed by atoms with Crippen molar-refractivity contribution in [3.63, 3.8) is 0 Å². The van der Waals surface area contributed by atoms with Crippen LogP contribution >= 0.6 is 11.3 Å². The largest absolute Gasteiger partial charge is 0.344 e. The third kappa shape index (κ3) is 3.06. The van der Waals surface area contributed by atoms with Gasteiger partial charge in [0.1, 0.15) is 0 Å². The number of piperidine rings is 1. The Labute approximate surface area is 100 Å². The number of thiophene rings is 1. The second-order valence-corrected chi connectivity index (χ2v) is 5.13. The van der Waals surface area contributed by atoms with E-state index in [1.165, 1.54) is 5.56 Å². The summed E-state index contributed by atoms with van der Waals surface area (Å²) in [6.07, 6.45) is 2.75. The van der Waals surface area contributed by atoms with Gasteiger partial charge in [-0.25, -0.2) is 0 Å². The van der Waals surface area contributed by atoms with Gasteiger partial charge in [-0.15, -0.1) is 0 Å². The lowest BCUT2D eigenvalue weighted by Gasteiger charge is -2.30. The Morgan fingerprint density at radius 2 is 2.50 bits per heavy atom. The maximum absolute atomic E-state index is 11.3. The fraction of sp³-hybridized carbons (Fsp3) is 0.583. The first-order valence-electron chi connectivity index (χ1n) is 5.74. The first-order chi connectivity index (χ1) is 7.75. The van der Waals surface area contributed by atoms with Crippen molar-refractivity contribution in [3.05, 3.63) is 22.4 Å². The van der Waals surface area contributed by atoms with Gasteiger partial charge < -0.3 is 10.2 Å². The van der Waals surface area contributed by atoms with Gasteiger partial charge in [-0.1, -0.05) is 0 Å². The van der Waals surface area contributed by atoms with Crippen molar-refractivity contribution >= 4 is 17.2 Å². The molecule has 0 aromatic carbocycles. The number of rotatable bonds is 4. The summed E-state index contributed by atoms with van der Waals surface area (Å²) in [6.45, 7) is 1.85. The quantitative estimate of drug-likeness (QED) is 0.862. The molecule has 1 aliphatic rings. The van der Waals surface area contributed by atoms with Crippen molar-refractivity contribution < 1.29 is 4.79 Å². The molecule has 1 aliphatic heterocycles. The van der Waals surface area contributed by atoms with E-state index in [4.69, 9.17) is 0 Å². The number of likely N-dealkylation sites (tertiary alicyclic amines) is 1. The van der Waals surface area contributed by atoms with Crippen LogP contribution in [0.1, 0.15) is 18.4 Å². The van der Waals surface area contributed by atoms with Crippen LogP contribution in [0.3, 0.4) is 0 Å². The third-order valence-corrected chi connectivity index (χ3v) is 3.79. The highest BCUT2D eigenvalue weighted by molar-refractivity contribution is 7.07. The van der Waals surface area contributed by atoms with Gasteiger partial charge in [-0.2, -0.15) is 11.3 Å². The molecular formula is C12H18N2OS. The Morgan fingerprint density at radius 3 is 3.19 bits per heavy atom. The van der Waals surface area contributed by atoms with E-state index in [2.05, 4.69) is 22.1 Å². The first-order valence-corrected chi connectivity index (χ1v) is 6.68. The normalized spacial score (nSPS) is 21.4. The Bertz CT molecular complexity index is 337. The number of hydrogen-bond acceptors (Lipinski definition) is 3. The van der Waals surface area contributed by atoms with E-state index in [9.17, 15) is 4.79 Å². The fourth-order valence-electron chi connectivity index (χ4n) is 2.03. The summed E-state index contributed by atoms with van der Waals surface area (Å²) in [7, 11) is 1.88. The molecule has 0 radical (unpaired) electrons. The van der Waals surface area contributed by atoms with Crippen LogP contribution in [0.5, 0.6) is 0 Å². The molecule has 16 heavy (non-hydrogen) atoms. The van der Waals surface area contributed by atoms with Crippen molar-refractivity contribution in [1.82, 2.24) is 10.2 Å². The Hall–Kier alpha value is -0.870. The van der Waals surface area contributed by atoms with Gasteiger partial charge in [0.25, 0.3) is 0 Å². The van der Waals surface area contributed by atoms with E-state index in [0.717, 1.165) is 25.9 Å². The standard InChI is InChI=1S/C12H18N2OS/c1-14-8-11(2-3-12(14)15)13-6-4-10-5-7-16-9-10/h5,7,9,11,13H,2-4,6,8H2,1H3. The SMILES string of the molecule is CN1CC(NCCc2ccsc2)CCC1=O. The molecule has 1 unspecified atom stereocenters. The highest BCUT2D eigenvalue weighted by Crippen LogP contribution is 2.10. The maximum Gasteiger partial charge on any atom is 0.222 e. The molecule has 0 aliphatic carbocycles. The van der Waals surface area contributed by atoms with Gasteiger partial charge in [0, 0.05) is 26.1 Å². The van der Waals surface area contributed by atoms with E-state index < -0.39 is 0 Å². The summed E-state index contributed by atoms with van der Waals surface area (Å²) < 4.78 is 0. The summed E-state index contributed by atoms with van der Waals surface area (Å²) in [5.41, 5.74) is 1.40. The van der Waals surface area contributed by atoms with Gasteiger partial charge >= 0.3 is 0 Å². The number of nitrogens with one attached hydrogen (secondary N) is 1. The zero-order valence-electron chi connectivity index (χ0n) is 9.61. The van der Waals surface area contributed by atoms with Crippen LogP contribution in [-0.4, -0.2) is 37.0 Å². The highest BCUT2D eigenvalue weighted by atomic mass is 32.1. The van der Waals surface area contributed by atoms with Gasteiger partial charge in [0.15, 0.2) is 0 Å². The molecule has 0 bridgehead atoms. The van der Waals surface area contributed by atoms with E-state index in [0.29, 0.717) is 12.5 Å². The molecule has 2 rings (SSSR count). The zero-order chi connectivity index (χ0) is 11.4. The first kappa shape index (κ1) is 11.6. The minimum atomic E-state index is 0.274. The van der Waals surface area contributed by atoms with Crippen LogP contribution < -0.4 is 5.32 Å². The molecule has 88 valence electrons. The summed E-state index contributed by atoms with van der Waals surface area (Å²) in [5.74, 6) is 0.274. The number of hydrogen-bond donors (Lipinski definition) is 1. The monoisotopic (exact) mass is 238 g/mol. The molecular weight excluding hydrogens is 220 g/mol. The van der Waals surface area contributed by atoms with Crippen LogP contribution in [0.15, 0.2) is 16.8 Å². The highest BCUT2D eigenvalue weighted by Gasteiger charge is 2.21. The zero-order valence-corrected chi connectivity index (χ0v) is 10.4. The van der Waals surface area contributed by atoms with Crippen molar-refractivity contribution in [3.8, 4) is 0 Å². The van der Waals surface area contributed by atoms with E-state index in [1.807, 2.05) is 11.9 Å². The third-order valence-electron chi connectivity index (χ3n) is 3.05. The van der Waals surface area contributed by atoms with Crippen molar-refractivity contribution in [1.29, 1.82) is 0 Å².